The Balaban J connectivity index is 1.85. The first-order valence-electron chi connectivity index (χ1n) is 7.34. The summed E-state index contributed by atoms with van der Waals surface area (Å²) < 4.78 is 0.987. The van der Waals surface area contributed by atoms with Gasteiger partial charge in [-0.1, -0.05) is 20.8 Å². The van der Waals surface area contributed by atoms with Crippen LogP contribution in [0.1, 0.15) is 45.6 Å². The van der Waals surface area contributed by atoms with E-state index in [4.69, 9.17) is 5.26 Å². The number of rotatable bonds is 2. The van der Waals surface area contributed by atoms with Crippen molar-refractivity contribution in [1.82, 2.24) is 0 Å². The third-order valence-electron chi connectivity index (χ3n) is 6.22. The first-order chi connectivity index (χ1) is 9.38. The van der Waals surface area contributed by atoms with Crippen LogP contribution in [0.4, 0.5) is 5.69 Å². The molecule has 2 saturated carbocycles. The second-order valence-electron chi connectivity index (χ2n) is 7.11. The van der Waals surface area contributed by atoms with Gasteiger partial charge in [0, 0.05) is 16.2 Å². The molecule has 0 heterocycles. The molecule has 0 spiro atoms. The van der Waals surface area contributed by atoms with Crippen LogP contribution in [0.3, 0.4) is 0 Å². The first-order valence-corrected chi connectivity index (χ1v) is 8.14. The second-order valence-corrected chi connectivity index (χ2v) is 7.97. The van der Waals surface area contributed by atoms with Crippen molar-refractivity contribution in [3.05, 3.63) is 28.2 Å². The van der Waals surface area contributed by atoms with Gasteiger partial charge in [-0.3, -0.25) is 0 Å². The molecule has 20 heavy (non-hydrogen) atoms. The van der Waals surface area contributed by atoms with Crippen LogP contribution >= 0.6 is 15.9 Å². The molecule has 3 atom stereocenters. The Morgan fingerprint density at radius 2 is 2.10 bits per heavy atom. The molecule has 0 aliphatic heterocycles. The highest BCUT2D eigenvalue weighted by atomic mass is 79.9. The lowest BCUT2D eigenvalue weighted by Gasteiger charge is -2.40. The molecule has 0 aromatic heterocycles. The van der Waals surface area contributed by atoms with Gasteiger partial charge in [0.15, 0.2) is 0 Å². The molecule has 2 aliphatic carbocycles. The van der Waals surface area contributed by atoms with Crippen LogP contribution in [0.25, 0.3) is 0 Å². The minimum absolute atomic E-state index is 0.366. The van der Waals surface area contributed by atoms with Crippen molar-refractivity contribution in [2.45, 2.75) is 46.1 Å². The Morgan fingerprint density at radius 1 is 1.35 bits per heavy atom. The monoisotopic (exact) mass is 332 g/mol. The Kier molecular flexibility index (Phi) is 3.14. The zero-order valence-electron chi connectivity index (χ0n) is 12.3. The summed E-state index contributed by atoms with van der Waals surface area (Å²) in [6, 6.07) is 8.50. The van der Waals surface area contributed by atoms with Crippen LogP contribution in [0.15, 0.2) is 22.7 Å². The SMILES string of the molecule is CC1(C)C2CCC1(C)C(Nc1ccc(C#N)cc1Br)C2. The number of hydrogen-bond acceptors (Lipinski definition) is 2. The van der Waals surface area contributed by atoms with Crippen molar-refractivity contribution in [3.63, 3.8) is 0 Å². The lowest BCUT2D eigenvalue weighted by atomic mass is 9.69. The van der Waals surface area contributed by atoms with E-state index < -0.39 is 0 Å². The fourth-order valence-corrected chi connectivity index (χ4v) is 4.80. The van der Waals surface area contributed by atoms with Gasteiger partial charge in [-0.05, 0) is 70.1 Å². The van der Waals surface area contributed by atoms with Crippen LogP contribution < -0.4 is 5.32 Å². The molecule has 3 unspecified atom stereocenters. The smallest absolute Gasteiger partial charge is 0.0992 e. The summed E-state index contributed by atoms with van der Waals surface area (Å²) in [7, 11) is 0. The molecule has 0 amide bonds. The van der Waals surface area contributed by atoms with Crippen LogP contribution in [-0.4, -0.2) is 6.04 Å². The number of halogens is 1. The van der Waals surface area contributed by atoms with Crippen molar-refractivity contribution < 1.29 is 0 Å². The van der Waals surface area contributed by atoms with Gasteiger partial charge in [0.1, 0.15) is 0 Å². The van der Waals surface area contributed by atoms with E-state index in [1.807, 2.05) is 18.2 Å². The number of nitriles is 1. The summed E-state index contributed by atoms with van der Waals surface area (Å²) in [5, 5.41) is 12.7. The van der Waals surface area contributed by atoms with Crippen molar-refractivity contribution in [3.8, 4) is 6.07 Å². The topological polar surface area (TPSA) is 35.8 Å². The summed E-state index contributed by atoms with van der Waals surface area (Å²) in [6.07, 6.45) is 3.95. The summed E-state index contributed by atoms with van der Waals surface area (Å²) >= 11 is 3.58. The van der Waals surface area contributed by atoms with Crippen LogP contribution in [0, 0.1) is 28.1 Å². The largest absolute Gasteiger partial charge is 0.381 e. The first kappa shape index (κ1) is 13.9. The highest BCUT2D eigenvalue weighted by Gasteiger charge is 2.61. The maximum absolute atomic E-state index is 8.94. The maximum Gasteiger partial charge on any atom is 0.0992 e. The van der Waals surface area contributed by atoms with E-state index in [9.17, 15) is 0 Å². The van der Waals surface area contributed by atoms with E-state index in [0.29, 0.717) is 22.4 Å². The Bertz CT molecular complexity index is 587. The number of nitrogens with one attached hydrogen (secondary N) is 1. The number of benzene rings is 1. The predicted octanol–water partition coefficient (Wildman–Crippen LogP) is 4.95. The molecule has 2 fully saturated rings. The maximum atomic E-state index is 8.94. The predicted molar refractivity (Wildman–Crippen MR) is 85.5 cm³/mol. The summed E-state index contributed by atoms with van der Waals surface area (Å²) in [4.78, 5) is 0. The van der Waals surface area contributed by atoms with E-state index >= 15 is 0 Å². The Hall–Kier alpha value is -1.01. The normalized spacial score (nSPS) is 34.0. The molecule has 0 saturated heterocycles. The Morgan fingerprint density at radius 3 is 2.60 bits per heavy atom. The number of hydrogen-bond donors (Lipinski definition) is 1. The minimum atomic E-state index is 0.366. The van der Waals surface area contributed by atoms with Crippen LogP contribution in [0.2, 0.25) is 0 Å². The van der Waals surface area contributed by atoms with Gasteiger partial charge < -0.3 is 5.32 Å². The summed E-state index contributed by atoms with van der Waals surface area (Å²) in [5.74, 6) is 0.835. The average molecular weight is 333 g/mol. The fraction of sp³-hybridized carbons (Fsp3) is 0.588. The molecule has 3 heteroatoms. The Labute approximate surface area is 129 Å². The van der Waals surface area contributed by atoms with E-state index in [-0.39, 0.29) is 0 Å². The number of anilines is 1. The zero-order chi connectivity index (χ0) is 14.5. The van der Waals surface area contributed by atoms with E-state index in [0.717, 1.165) is 16.1 Å². The van der Waals surface area contributed by atoms with Gasteiger partial charge in [0.05, 0.1) is 11.6 Å². The molecule has 2 bridgehead atoms. The lowest BCUT2D eigenvalue weighted by molar-refractivity contribution is 0.142. The van der Waals surface area contributed by atoms with Crippen LogP contribution in [-0.2, 0) is 0 Å². The van der Waals surface area contributed by atoms with Gasteiger partial charge in [0.25, 0.3) is 0 Å². The molecule has 1 aromatic carbocycles. The van der Waals surface area contributed by atoms with Crippen LogP contribution in [0.5, 0.6) is 0 Å². The number of nitrogens with zero attached hydrogens (tertiary/aromatic N) is 1. The third kappa shape index (κ3) is 1.81. The molecule has 2 nitrogen and oxygen atoms in total. The minimum Gasteiger partial charge on any atom is -0.381 e. The summed E-state index contributed by atoms with van der Waals surface area (Å²) in [5.41, 5.74) is 2.59. The molecule has 3 rings (SSSR count). The summed E-state index contributed by atoms with van der Waals surface area (Å²) in [6.45, 7) is 7.30. The molecular weight excluding hydrogens is 312 g/mol. The third-order valence-corrected chi connectivity index (χ3v) is 6.88. The average Bonchev–Trinajstić information content (AvgIpc) is 2.74. The van der Waals surface area contributed by atoms with Crippen molar-refractivity contribution >= 4 is 21.6 Å². The highest BCUT2D eigenvalue weighted by molar-refractivity contribution is 9.10. The van der Waals surface area contributed by atoms with E-state index in [1.165, 1.54) is 19.3 Å². The van der Waals surface area contributed by atoms with Gasteiger partial charge in [0.2, 0.25) is 0 Å². The van der Waals surface area contributed by atoms with Gasteiger partial charge in [-0.2, -0.15) is 5.26 Å². The quantitative estimate of drug-likeness (QED) is 0.831. The lowest BCUT2D eigenvalue weighted by Crippen LogP contribution is -2.40. The molecule has 1 aromatic rings. The fourth-order valence-electron chi connectivity index (χ4n) is 4.31. The number of fused-ring (bicyclic) bond motifs is 2. The molecule has 2 aliphatic rings. The van der Waals surface area contributed by atoms with Crippen molar-refractivity contribution in [2.75, 3.05) is 5.32 Å². The van der Waals surface area contributed by atoms with Crippen molar-refractivity contribution in [1.29, 1.82) is 5.26 Å². The molecular formula is C17H21BrN2. The van der Waals surface area contributed by atoms with Crippen molar-refractivity contribution in [2.24, 2.45) is 16.7 Å². The standard InChI is InChI=1S/C17H21BrN2/c1-16(2)12-6-7-17(16,3)15(9-12)20-14-5-4-11(10-19)8-13(14)18/h4-5,8,12,15,20H,6-7,9H2,1-3H3. The highest BCUT2D eigenvalue weighted by Crippen LogP contribution is 2.65. The molecule has 1 N–H and O–H groups in total. The van der Waals surface area contributed by atoms with Gasteiger partial charge in [-0.25, -0.2) is 0 Å². The zero-order valence-corrected chi connectivity index (χ0v) is 13.9. The molecule has 0 radical (unpaired) electrons. The second kappa shape index (κ2) is 4.49. The van der Waals surface area contributed by atoms with Gasteiger partial charge >= 0.3 is 0 Å². The van der Waals surface area contributed by atoms with E-state index in [2.05, 4.69) is 48.1 Å². The van der Waals surface area contributed by atoms with E-state index in [1.54, 1.807) is 0 Å². The molecule has 106 valence electrons. The van der Waals surface area contributed by atoms with Gasteiger partial charge in [-0.15, -0.1) is 0 Å².